The van der Waals surface area contributed by atoms with Crippen LogP contribution in [0.3, 0.4) is 0 Å². The second kappa shape index (κ2) is 6.04. The van der Waals surface area contributed by atoms with Crippen LogP contribution in [0.25, 0.3) is 0 Å². The molecular formula is C13H21N3O3. The summed E-state index contributed by atoms with van der Waals surface area (Å²) in [6, 6.07) is 0.365. The minimum absolute atomic E-state index is 0.0828. The van der Waals surface area contributed by atoms with Crippen LogP contribution in [0.2, 0.25) is 0 Å². The number of hydrogen-bond acceptors (Lipinski definition) is 3. The molecule has 0 bridgehead atoms. The van der Waals surface area contributed by atoms with Gasteiger partial charge in [-0.2, -0.15) is 0 Å². The molecule has 0 spiro atoms. The first-order valence-electron chi connectivity index (χ1n) is 6.89. The molecule has 1 heterocycles. The minimum Gasteiger partial charge on any atom is -0.355 e. The topological polar surface area (TPSA) is 78.5 Å². The predicted octanol–water partition coefficient (Wildman–Crippen LogP) is -0.360. The highest BCUT2D eigenvalue weighted by Gasteiger charge is 2.39. The molecule has 1 atom stereocenters. The molecule has 2 rings (SSSR count). The molecule has 1 aliphatic carbocycles. The molecular weight excluding hydrogens is 246 g/mol. The Kier molecular flexibility index (Phi) is 4.39. The number of rotatable bonds is 5. The Morgan fingerprint density at radius 2 is 1.95 bits per heavy atom. The Bertz CT molecular complexity index is 379. The van der Waals surface area contributed by atoms with Gasteiger partial charge in [0.15, 0.2) is 0 Å². The summed E-state index contributed by atoms with van der Waals surface area (Å²) in [5, 5.41) is 5.38. The molecule has 0 aromatic heterocycles. The maximum Gasteiger partial charge on any atom is 0.225 e. The number of likely N-dealkylation sites (tertiary alicyclic amines) is 1. The van der Waals surface area contributed by atoms with E-state index in [0.29, 0.717) is 32.1 Å². The third-order valence-electron chi connectivity index (χ3n) is 3.84. The summed E-state index contributed by atoms with van der Waals surface area (Å²) in [4.78, 5) is 36.3. The molecule has 6 heteroatoms. The van der Waals surface area contributed by atoms with Gasteiger partial charge in [-0.05, 0) is 19.3 Å². The molecule has 1 saturated heterocycles. The van der Waals surface area contributed by atoms with E-state index in [1.807, 2.05) is 4.90 Å². The average Bonchev–Trinajstić information content (AvgIpc) is 2.64. The minimum atomic E-state index is -0.231. The fourth-order valence-corrected chi connectivity index (χ4v) is 2.53. The number of hydrogen-bond donors (Lipinski definition) is 2. The first-order valence-corrected chi connectivity index (χ1v) is 6.89. The van der Waals surface area contributed by atoms with Crippen LogP contribution < -0.4 is 10.6 Å². The van der Waals surface area contributed by atoms with Gasteiger partial charge in [-0.15, -0.1) is 0 Å². The molecule has 0 radical (unpaired) electrons. The Hall–Kier alpha value is -1.59. The number of nitrogens with one attached hydrogen (secondary N) is 2. The Balaban J connectivity index is 1.71. The predicted molar refractivity (Wildman–Crippen MR) is 69.2 cm³/mol. The van der Waals surface area contributed by atoms with Crippen LogP contribution in [0.5, 0.6) is 0 Å². The van der Waals surface area contributed by atoms with Gasteiger partial charge in [-0.1, -0.05) is 0 Å². The molecule has 2 aliphatic rings. The Morgan fingerprint density at radius 1 is 1.26 bits per heavy atom. The number of nitrogens with zero attached hydrogens (tertiary/aromatic N) is 1. The summed E-state index contributed by atoms with van der Waals surface area (Å²) in [6.45, 7) is 2.82. The van der Waals surface area contributed by atoms with Crippen molar-refractivity contribution in [3.8, 4) is 0 Å². The fraction of sp³-hybridized carbons (Fsp3) is 0.769. The maximum atomic E-state index is 11.9. The number of carbonyl (C=O) groups excluding carboxylic acids is 3. The average molecular weight is 267 g/mol. The summed E-state index contributed by atoms with van der Waals surface area (Å²) in [6.07, 6.45) is 3.65. The van der Waals surface area contributed by atoms with Crippen LogP contribution in [0.1, 0.15) is 32.6 Å². The highest BCUT2D eigenvalue weighted by atomic mass is 16.2. The lowest BCUT2D eigenvalue weighted by atomic mass is 9.92. The van der Waals surface area contributed by atoms with Gasteiger partial charge in [-0.3, -0.25) is 14.4 Å². The van der Waals surface area contributed by atoms with Crippen molar-refractivity contribution in [3.63, 3.8) is 0 Å². The molecule has 0 aromatic rings. The van der Waals surface area contributed by atoms with Crippen molar-refractivity contribution < 1.29 is 14.4 Å². The first-order chi connectivity index (χ1) is 9.08. The van der Waals surface area contributed by atoms with Crippen LogP contribution in [0.4, 0.5) is 0 Å². The van der Waals surface area contributed by atoms with Crippen molar-refractivity contribution in [3.05, 3.63) is 0 Å². The van der Waals surface area contributed by atoms with Crippen LogP contribution in [0, 0.1) is 5.92 Å². The zero-order valence-electron chi connectivity index (χ0n) is 11.3. The van der Waals surface area contributed by atoms with Gasteiger partial charge in [0.1, 0.15) is 0 Å². The van der Waals surface area contributed by atoms with Gasteiger partial charge in [0.05, 0.1) is 5.92 Å². The number of amides is 3. The zero-order chi connectivity index (χ0) is 13.8. The molecule has 2 N–H and O–H groups in total. The van der Waals surface area contributed by atoms with E-state index in [4.69, 9.17) is 0 Å². The summed E-state index contributed by atoms with van der Waals surface area (Å²) in [5.41, 5.74) is 0. The molecule has 2 fully saturated rings. The zero-order valence-corrected chi connectivity index (χ0v) is 11.3. The molecule has 3 amide bonds. The highest BCUT2D eigenvalue weighted by Crippen LogP contribution is 2.30. The van der Waals surface area contributed by atoms with Crippen LogP contribution >= 0.6 is 0 Å². The molecule has 6 nitrogen and oxygen atoms in total. The molecule has 1 unspecified atom stereocenters. The maximum absolute atomic E-state index is 11.9. The van der Waals surface area contributed by atoms with Gasteiger partial charge in [0, 0.05) is 39.0 Å². The van der Waals surface area contributed by atoms with E-state index in [9.17, 15) is 14.4 Å². The van der Waals surface area contributed by atoms with Crippen molar-refractivity contribution in [2.45, 2.75) is 38.6 Å². The first kappa shape index (κ1) is 13.8. The van der Waals surface area contributed by atoms with Gasteiger partial charge in [-0.25, -0.2) is 0 Å². The van der Waals surface area contributed by atoms with E-state index in [2.05, 4.69) is 10.6 Å². The van der Waals surface area contributed by atoms with Crippen molar-refractivity contribution in [1.29, 1.82) is 0 Å². The van der Waals surface area contributed by atoms with E-state index in [0.717, 1.165) is 12.8 Å². The van der Waals surface area contributed by atoms with E-state index >= 15 is 0 Å². The van der Waals surface area contributed by atoms with Crippen LogP contribution in [-0.2, 0) is 14.4 Å². The largest absolute Gasteiger partial charge is 0.355 e. The van der Waals surface area contributed by atoms with Crippen LogP contribution in [0.15, 0.2) is 0 Å². The summed E-state index contributed by atoms with van der Waals surface area (Å²) < 4.78 is 0. The Morgan fingerprint density at radius 3 is 2.53 bits per heavy atom. The van der Waals surface area contributed by atoms with Crippen molar-refractivity contribution in [1.82, 2.24) is 15.5 Å². The monoisotopic (exact) mass is 267 g/mol. The van der Waals surface area contributed by atoms with Crippen molar-refractivity contribution >= 4 is 17.7 Å². The number of carbonyl (C=O) groups is 3. The standard InChI is InChI=1S/C13H21N3O3/c1-9(17)14-5-6-15-13(19)10-7-12(18)16(8-10)11-3-2-4-11/h10-11H,2-8H2,1H3,(H,14,17)(H,15,19). The highest BCUT2D eigenvalue weighted by molar-refractivity contribution is 5.89. The third-order valence-corrected chi connectivity index (χ3v) is 3.84. The van der Waals surface area contributed by atoms with E-state index < -0.39 is 0 Å². The van der Waals surface area contributed by atoms with Crippen LogP contribution in [-0.4, -0.2) is 48.3 Å². The molecule has 0 aromatic carbocycles. The van der Waals surface area contributed by atoms with Gasteiger partial charge < -0.3 is 15.5 Å². The molecule has 1 saturated carbocycles. The SMILES string of the molecule is CC(=O)NCCNC(=O)C1CC(=O)N(C2CCC2)C1. The second-order valence-corrected chi connectivity index (χ2v) is 5.31. The normalized spacial score (nSPS) is 23.1. The van der Waals surface area contributed by atoms with E-state index in [-0.39, 0.29) is 23.6 Å². The Labute approximate surface area is 112 Å². The smallest absolute Gasteiger partial charge is 0.225 e. The van der Waals surface area contributed by atoms with Gasteiger partial charge >= 0.3 is 0 Å². The van der Waals surface area contributed by atoms with E-state index in [1.54, 1.807) is 0 Å². The van der Waals surface area contributed by atoms with Crippen molar-refractivity contribution in [2.75, 3.05) is 19.6 Å². The van der Waals surface area contributed by atoms with Gasteiger partial charge in [0.25, 0.3) is 0 Å². The molecule has 19 heavy (non-hydrogen) atoms. The fourth-order valence-electron chi connectivity index (χ4n) is 2.53. The lowest BCUT2D eigenvalue weighted by molar-refractivity contribution is -0.131. The molecule has 106 valence electrons. The lowest BCUT2D eigenvalue weighted by Gasteiger charge is -2.34. The summed E-state index contributed by atoms with van der Waals surface area (Å²) >= 11 is 0. The van der Waals surface area contributed by atoms with Crippen molar-refractivity contribution in [2.24, 2.45) is 5.92 Å². The lowest BCUT2D eigenvalue weighted by Crippen LogP contribution is -2.42. The summed E-state index contributed by atoms with van der Waals surface area (Å²) in [7, 11) is 0. The van der Waals surface area contributed by atoms with Gasteiger partial charge in [0.2, 0.25) is 17.7 Å². The summed E-state index contributed by atoms with van der Waals surface area (Å²) in [5.74, 6) is -0.320. The molecule has 1 aliphatic heterocycles. The third kappa shape index (κ3) is 3.45. The second-order valence-electron chi connectivity index (χ2n) is 5.31. The van der Waals surface area contributed by atoms with E-state index in [1.165, 1.54) is 13.3 Å². The quantitative estimate of drug-likeness (QED) is 0.668.